The van der Waals surface area contributed by atoms with Crippen molar-refractivity contribution in [2.24, 2.45) is 5.92 Å². The Balaban J connectivity index is 4.01. The van der Waals surface area contributed by atoms with Crippen LogP contribution < -0.4 is 0 Å². The van der Waals surface area contributed by atoms with Gasteiger partial charge in [-0.05, 0) is 0 Å². The number of hydrogen-bond acceptors (Lipinski definition) is 0. The minimum Gasteiger partial charge on any atom is -0.223 e. The Kier molecular flexibility index (Phi) is 2.80. The molecular formula is C5H8ClF3. The molecule has 1 atom stereocenters. The molecule has 0 fully saturated rings. The van der Waals surface area contributed by atoms with E-state index in [2.05, 4.69) is 11.6 Å². The van der Waals surface area contributed by atoms with Crippen LogP contribution in [0, 0.1) is 5.92 Å². The Bertz CT molecular complexity index is 80.2. The van der Waals surface area contributed by atoms with E-state index >= 15 is 0 Å². The van der Waals surface area contributed by atoms with E-state index in [1.165, 1.54) is 13.8 Å². The van der Waals surface area contributed by atoms with Crippen LogP contribution in [0.5, 0.6) is 0 Å². The smallest absolute Gasteiger partial charge is 0.223 e. The second-order valence-electron chi connectivity index (χ2n) is 2.13. The average Bonchev–Trinajstić information content (AvgIpc) is 1.65. The average molecular weight is 161 g/mol. The van der Waals surface area contributed by atoms with Gasteiger partial charge < -0.3 is 0 Å². The summed E-state index contributed by atoms with van der Waals surface area (Å²) in [5.41, 5.74) is -2.57. The fourth-order valence-corrected chi connectivity index (χ4v) is 0.504. The lowest BCUT2D eigenvalue weighted by atomic mass is 10.1. The number of alkyl halides is 4. The summed E-state index contributed by atoms with van der Waals surface area (Å²) < 4.78 is 36.1. The van der Waals surface area contributed by atoms with Crippen LogP contribution >= 0.6 is 11.6 Å². The molecular weight excluding hydrogens is 153 g/mol. The highest BCUT2D eigenvalue weighted by atomic mass is 35.5. The quantitative estimate of drug-likeness (QED) is 0.545. The van der Waals surface area contributed by atoms with E-state index in [1.807, 2.05) is 0 Å². The van der Waals surface area contributed by atoms with Crippen molar-refractivity contribution in [2.75, 3.05) is 0 Å². The van der Waals surface area contributed by atoms with Crippen molar-refractivity contribution in [1.29, 1.82) is 0 Å². The Hall–Kier alpha value is 0.0800. The summed E-state index contributed by atoms with van der Waals surface area (Å²) >= 11 is 4.55. The predicted octanol–water partition coefficient (Wildman–Crippen LogP) is 2.81. The minimum atomic E-state index is -3.40. The third kappa shape index (κ3) is 2.05. The molecule has 0 aliphatic carbocycles. The molecule has 0 N–H and O–H groups in total. The van der Waals surface area contributed by atoms with Crippen LogP contribution in [0.4, 0.5) is 13.2 Å². The first-order chi connectivity index (χ1) is 3.89. The van der Waals surface area contributed by atoms with E-state index in [9.17, 15) is 13.2 Å². The zero-order valence-electron chi connectivity index (χ0n) is 5.17. The summed E-state index contributed by atoms with van der Waals surface area (Å²) in [6, 6.07) is 0. The summed E-state index contributed by atoms with van der Waals surface area (Å²) in [6.45, 7) is 2.43. The Morgan fingerprint density at radius 2 is 1.67 bits per heavy atom. The molecule has 0 radical (unpaired) electrons. The lowest BCUT2D eigenvalue weighted by molar-refractivity contribution is -0.0797. The Morgan fingerprint density at radius 3 is 1.67 bits per heavy atom. The zero-order chi connectivity index (χ0) is 7.65. The lowest BCUT2D eigenvalue weighted by Crippen LogP contribution is -2.31. The van der Waals surface area contributed by atoms with Crippen molar-refractivity contribution in [3.05, 3.63) is 0 Å². The highest BCUT2D eigenvalue weighted by molar-refractivity contribution is 6.20. The van der Waals surface area contributed by atoms with Gasteiger partial charge in [0.25, 0.3) is 5.92 Å². The summed E-state index contributed by atoms with van der Waals surface area (Å²) in [7, 11) is 0. The van der Waals surface area contributed by atoms with Crippen molar-refractivity contribution in [3.8, 4) is 0 Å². The molecule has 4 heteroatoms. The van der Waals surface area contributed by atoms with E-state index in [1.54, 1.807) is 0 Å². The normalized spacial score (nSPS) is 16.3. The second-order valence-corrected chi connectivity index (χ2v) is 2.51. The van der Waals surface area contributed by atoms with Crippen LogP contribution in [0.15, 0.2) is 0 Å². The number of halogens is 4. The topological polar surface area (TPSA) is 0 Å². The maximum absolute atomic E-state index is 12.2. The summed E-state index contributed by atoms with van der Waals surface area (Å²) in [4.78, 5) is 0. The number of hydrogen-bond donors (Lipinski definition) is 0. The molecule has 0 spiro atoms. The number of rotatable bonds is 2. The molecule has 9 heavy (non-hydrogen) atoms. The van der Waals surface area contributed by atoms with Crippen molar-refractivity contribution < 1.29 is 13.2 Å². The summed E-state index contributed by atoms with van der Waals surface area (Å²) in [6.07, 6.45) is 0. The van der Waals surface area contributed by atoms with Gasteiger partial charge >= 0.3 is 0 Å². The molecule has 0 aliphatic rings. The molecule has 0 aliphatic heterocycles. The molecule has 0 saturated carbocycles. The van der Waals surface area contributed by atoms with Crippen molar-refractivity contribution >= 4 is 11.6 Å². The van der Waals surface area contributed by atoms with Gasteiger partial charge in [-0.2, -0.15) is 0 Å². The maximum Gasteiger partial charge on any atom is 0.294 e. The molecule has 0 rings (SSSR count). The van der Waals surface area contributed by atoms with Crippen LogP contribution in [0.2, 0.25) is 0 Å². The third-order valence-corrected chi connectivity index (χ3v) is 1.35. The van der Waals surface area contributed by atoms with Gasteiger partial charge in [-0.25, -0.2) is 13.2 Å². The monoisotopic (exact) mass is 160 g/mol. The molecule has 0 nitrogen and oxygen atoms in total. The van der Waals surface area contributed by atoms with E-state index in [-0.39, 0.29) is 0 Å². The van der Waals surface area contributed by atoms with Gasteiger partial charge in [0, 0.05) is 5.92 Å². The van der Waals surface area contributed by atoms with E-state index in [0.29, 0.717) is 0 Å². The summed E-state index contributed by atoms with van der Waals surface area (Å²) in [5, 5.41) is 0. The van der Waals surface area contributed by atoms with Gasteiger partial charge in [0.2, 0.25) is 5.63 Å². The lowest BCUT2D eigenvalue weighted by Gasteiger charge is -2.19. The van der Waals surface area contributed by atoms with Crippen molar-refractivity contribution in [2.45, 2.75) is 25.4 Å². The molecule has 0 aromatic heterocycles. The van der Waals surface area contributed by atoms with Crippen LogP contribution in [0.1, 0.15) is 13.8 Å². The second kappa shape index (κ2) is 2.78. The first-order valence-electron chi connectivity index (χ1n) is 2.55. The Labute approximate surface area is 57.0 Å². The first kappa shape index (κ1) is 9.08. The third-order valence-electron chi connectivity index (χ3n) is 1.06. The summed E-state index contributed by atoms with van der Waals surface area (Å²) in [5.74, 6) is -4.45. The maximum atomic E-state index is 12.2. The minimum absolute atomic E-state index is 1.05. The van der Waals surface area contributed by atoms with Crippen molar-refractivity contribution in [1.82, 2.24) is 0 Å². The van der Waals surface area contributed by atoms with Crippen LogP contribution in [0.3, 0.4) is 0 Å². The molecule has 1 unspecified atom stereocenters. The molecule has 0 bridgehead atoms. The SMILES string of the molecule is CC(C)C(F)(F)C(F)Cl. The van der Waals surface area contributed by atoms with E-state index in [0.717, 1.165) is 0 Å². The van der Waals surface area contributed by atoms with Gasteiger partial charge in [0.05, 0.1) is 0 Å². The van der Waals surface area contributed by atoms with Gasteiger partial charge in [-0.1, -0.05) is 25.4 Å². The predicted molar refractivity (Wildman–Crippen MR) is 30.5 cm³/mol. The zero-order valence-corrected chi connectivity index (χ0v) is 5.92. The fourth-order valence-electron chi connectivity index (χ4n) is 0.252. The molecule has 0 heterocycles. The largest absolute Gasteiger partial charge is 0.294 e. The standard InChI is InChI=1S/C5H8ClF3/c1-3(2)5(8,9)4(6)7/h3-4H,1-2H3. The van der Waals surface area contributed by atoms with Gasteiger partial charge in [-0.15, -0.1) is 0 Å². The highest BCUT2D eigenvalue weighted by Crippen LogP contribution is 2.31. The molecule has 0 aromatic rings. The van der Waals surface area contributed by atoms with E-state index < -0.39 is 17.5 Å². The van der Waals surface area contributed by atoms with Crippen LogP contribution in [0.25, 0.3) is 0 Å². The molecule has 56 valence electrons. The first-order valence-corrected chi connectivity index (χ1v) is 2.98. The molecule has 0 aromatic carbocycles. The molecule has 0 amide bonds. The van der Waals surface area contributed by atoms with Gasteiger partial charge in [-0.3, -0.25) is 0 Å². The molecule has 0 saturated heterocycles. The van der Waals surface area contributed by atoms with Crippen LogP contribution in [-0.2, 0) is 0 Å². The van der Waals surface area contributed by atoms with Crippen molar-refractivity contribution in [3.63, 3.8) is 0 Å². The Morgan fingerprint density at radius 1 is 1.33 bits per heavy atom. The fraction of sp³-hybridized carbons (Fsp3) is 1.00. The highest BCUT2D eigenvalue weighted by Gasteiger charge is 2.41. The van der Waals surface area contributed by atoms with Gasteiger partial charge in [0.15, 0.2) is 0 Å². The van der Waals surface area contributed by atoms with E-state index in [4.69, 9.17) is 0 Å². The van der Waals surface area contributed by atoms with Crippen LogP contribution in [-0.4, -0.2) is 11.6 Å². The van der Waals surface area contributed by atoms with Gasteiger partial charge in [0.1, 0.15) is 0 Å².